The van der Waals surface area contributed by atoms with E-state index in [9.17, 15) is 0 Å². The first-order valence-corrected chi connectivity index (χ1v) is 5.68. The molecule has 0 spiro atoms. The Morgan fingerprint density at radius 3 is 3.07 bits per heavy atom. The number of aryl methyl sites for hydroxylation is 1. The van der Waals surface area contributed by atoms with Crippen LogP contribution in [0.3, 0.4) is 0 Å². The van der Waals surface area contributed by atoms with Gasteiger partial charge in [-0.1, -0.05) is 5.16 Å². The van der Waals surface area contributed by atoms with Crippen LogP contribution in [0.2, 0.25) is 0 Å². The van der Waals surface area contributed by atoms with E-state index in [4.69, 9.17) is 4.52 Å². The molecule has 2 rings (SSSR count). The first-order chi connectivity index (χ1) is 7.34. The largest absolute Gasteiger partial charge is 0.340 e. The van der Waals surface area contributed by atoms with Crippen LogP contribution >= 0.6 is 11.3 Å². The van der Waals surface area contributed by atoms with E-state index in [1.54, 1.807) is 0 Å². The van der Waals surface area contributed by atoms with Crippen LogP contribution in [0.25, 0.3) is 0 Å². The molecule has 0 aliphatic rings. The summed E-state index contributed by atoms with van der Waals surface area (Å²) in [5, 5.41) is 6.89. The molecule has 0 atom stereocenters. The van der Waals surface area contributed by atoms with Crippen LogP contribution in [0.5, 0.6) is 0 Å². The van der Waals surface area contributed by atoms with E-state index in [0.717, 1.165) is 19.5 Å². The molecule has 15 heavy (non-hydrogen) atoms. The van der Waals surface area contributed by atoms with Gasteiger partial charge in [-0.15, -0.1) is 11.3 Å². The Kier molecular flexibility index (Phi) is 3.47. The standard InChI is InChI=1S/C10H13N3OS/c1-8-2-3-9(15-8)6-11-5-4-10-12-7-13-14-10/h2-3,7,11H,4-6H2,1H3. The molecule has 0 aromatic carbocycles. The van der Waals surface area contributed by atoms with Crippen molar-refractivity contribution in [3.63, 3.8) is 0 Å². The fraction of sp³-hybridized carbons (Fsp3) is 0.400. The number of hydrogen-bond acceptors (Lipinski definition) is 5. The normalized spacial score (nSPS) is 10.7. The molecule has 0 unspecified atom stereocenters. The molecule has 0 saturated carbocycles. The van der Waals surface area contributed by atoms with E-state index in [-0.39, 0.29) is 0 Å². The Morgan fingerprint density at radius 1 is 1.47 bits per heavy atom. The minimum Gasteiger partial charge on any atom is -0.340 e. The summed E-state index contributed by atoms with van der Waals surface area (Å²) in [6.45, 7) is 3.89. The highest BCUT2D eigenvalue weighted by Crippen LogP contribution is 2.14. The zero-order valence-corrected chi connectivity index (χ0v) is 9.38. The molecular weight excluding hydrogens is 210 g/mol. The van der Waals surface area contributed by atoms with E-state index in [2.05, 4.69) is 34.5 Å². The second kappa shape index (κ2) is 5.04. The SMILES string of the molecule is Cc1ccc(CNCCc2ncno2)s1. The fourth-order valence-electron chi connectivity index (χ4n) is 1.29. The third-order valence-electron chi connectivity index (χ3n) is 2.02. The smallest absolute Gasteiger partial charge is 0.227 e. The Hall–Kier alpha value is -1.20. The van der Waals surface area contributed by atoms with Crippen molar-refractivity contribution >= 4 is 11.3 Å². The summed E-state index contributed by atoms with van der Waals surface area (Å²) in [7, 11) is 0. The lowest BCUT2D eigenvalue weighted by molar-refractivity contribution is 0.375. The van der Waals surface area contributed by atoms with Crippen molar-refractivity contribution in [2.75, 3.05) is 6.54 Å². The van der Waals surface area contributed by atoms with Crippen LogP contribution in [0.15, 0.2) is 23.0 Å². The third kappa shape index (κ3) is 3.14. The Morgan fingerprint density at radius 2 is 2.40 bits per heavy atom. The molecule has 0 bridgehead atoms. The molecule has 0 aliphatic carbocycles. The summed E-state index contributed by atoms with van der Waals surface area (Å²) in [6, 6.07) is 4.29. The topological polar surface area (TPSA) is 51.0 Å². The van der Waals surface area contributed by atoms with E-state index < -0.39 is 0 Å². The highest BCUT2D eigenvalue weighted by Gasteiger charge is 1.99. The van der Waals surface area contributed by atoms with E-state index >= 15 is 0 Å². The molecule has 2 aromatic heterocycles. The highest BCUT2D eigenvalue weighted by molar-refractivity contribution is 7.11. The van der Waals surface area contributed by atoms with E-state index in [1.807, 2.05) is 11.3 Å². The molecule has 0 fully saturated rings. The number of rotatable bonds is 5. The molecule has 80 valence electrons. The maximum atomic E-state index is 4.89. The molecule has 0 aliphatic heterocycles. The summed E-state index contributed by atoms with van der Waals surface area (Å²) in [5.74, 6) is 0.685. The molecule has 0 amide bonds. The second-order valence-electron chi connectivity index (χ2n) is 3.27. The molecule has 0 saturated heterocycles. The minimum atomic E-state index is 0.685. The van der Waals surface area contributed by atoms with Crippen molar-refractivity contribution in [3.05, 3.63) is 34.1 Å². The van der Waals surface area contributed by atoms with Crippen molar-refractivity contribution in [1.82, 2.24) is 15.5 Å². The summed E-state index contributed by atoms with van der Waals surface area (Å²) >= 11 is 1.82. The lowest BCUT2D eigenvalue weighted by Gasteiger charge is -1.99. The number of hydrogen-bond donors (Lipinski definition) is 1. The van der Waals surface area contributed by atoms with Gasteiger partial charge in [0.15, 0.2) is 6.33 Å². The maximum absolute atomic E-state index is 4.89. The van der Waals surface area contributed by atoms with Gasteiger partial charge in [-0.25, -0.2) is 0 Å². The lowest BCUT2D eigenvalue weighted by atomic mass is 10.4. The van der Waals surface area contributed by atoms with Gasteiger partial charge in [-0.05, 0) is 19.1 Å². The van der Waals surface area contributed by atoms with Gasteiger partial charge >= 0.3 is 0 Å². The van der Waals surface area contributed by atoms with Gasteiger partial charge in [0, 0.05) is 29.3 Å². The van der Waals surface area contributed by atoms with Gasteiger partial charge in [0.25, 0.3) is 0 Å². The van der Waals surface area contributed by atoms with Crippen molar-refractivity contribution in [1.29, 1.82) is 0 Å². The maximum Gasteiger partial charge on any atom is 0.227 e. The van der Waals surface area contributed by atoms with Gasteiger partial charge in [0.1, 0.15) is 0 Å². The molecule has 2 aromatic rings. The monoisotopic (exact) mass is 223 g/mol. The second-order valence-corrected chi connectivity index (χ2v) is 4.65. The van der Waals surface area contributed by atoms with Crippen LogP contribution in [-0.4, -0.2) is 16.7 Å². The van der Waals surface area contributed by atoms with Crippen molar-refractivity contribution < 1.29 is 4.52 Å². The van der Waals surface area contributed by atoms with Gasteiger partial charge < -0.3 is 9.84 Å². The molecule has 4 nitrogen and oxygen atoms in total. The molecule has 5 heteroatoms. The van der Waals surface area contributed by atoms with Crippen LogP contribution < -0.4 is 5.32 Å². The summed E-state index contributed by atoms with van der Waals surface area (Å²) in [6.07, 6.45) is 2.21. The summed E-state index contributed by atoms with van der Waals surface area (Å²) in [4.78, 5) is 6.66. The summed E-state index contributed by atoms with van der Waals surface area (Å²) < 4.78 is 4.89. The zero-order valence-electron chi connectivity index (χ0n) is 8.56. The molecule has 2 heterocycles. The highest BCUT2D eigenvalue weighted by atomic mass is 32.1. The third-order valence-corrected chi connectivity index (χ3v) is 3.02. The van der Waals surface area contributed by atoms with Gasteiger partial charge in [0.05, 0.1) is 0 Å². The number of aromatic nitrogens is 2. The quantitative estimate of drug-likeness (QED) is 0.785. The van der Waals surface area contributed by atoms with Crippen LogP contribution in [0.4, 0.5) is 0 Å². The lowest BCUT2D eigenvalue weighted by Crippen LogP contribution is -2.16. The van der Waals surface area contributed by atoms with Crippen LogP contribution in [0.1, 0.15) is 15.6 Å². The van der Waals surface area contributed by atoms with Crippen molar-refractivity contribution in [2.24, 2.45) is 0 Å². The average molecular weight is 223 g/mol. The minimum absolute atomic E-state index is 0.685. The molecular formula is C10H13N3OS. The first-order valence-electron chi connectivity index (χ1n) is 4.86. The number of thiophene rings is 1. The fourth-order valence-corrected chi connectivity index (χ4v) is 2.15. The molecule has 0 radical (unpaired) electrons. The zero-order chi connectivity index (χ0) is 10.5. The number of nitrogens with zero attached hydrogens (tertiary/aromatic N) is 2. The van der Waals surface area contributed by atoms with Gasteiger partial charge in [-0.3, -0.25) is 0 Å². The summed E-state index contributed by atoms with van der Waals surface area (Å²) in [5.41, 5.74) is 0. The predicted molar refractivity (Wildman–Crippen MR) is 58.8 cm³/mol. The Balaban J connectivity index is 1.67. The van der Waals surface area contributed by atoms with Crippen LogP contribution in [0, 0.1) is 6.92 Å². The van der Waals surface area contributed by atoms with Gasteiger partial charge in [0.2, 0.25) is 5.89 Å². The Labute approximate surface area is 92.3 Å². The number of nitrogens with one attached hydrogen (secondary N) is 1. The Bertz CT molecular complexity index is 396. The molecule has 1 N–H and O–H groups in total. The van der Waals surface area contributed by atoms with E-state index in [0.29, 0.717) is 5.89 Å². The van der Waals surface area contributed by atoms with Crippen molar-refractivity contribution in [3.8, 4) is 0 Å². The van der Waals surface area contributed by atoms with Crippen molar-refractivity contribution in [2.45, 2.75) is 19.9 Å². The van der Waals surface area contributed by atoms with Crippen LogP contribution in [-0.2, 0) is 13.0 Å². The van der Waals surface area contributed by atoms with Gasteiger partial charge in [-0.2, -0.15) is 4.98 Å². The first kappa shape index (κ1) is 10.3. The predicted octanol–water partition coefficient (Wildman–Crippen LogP) is 1.77. The average Bonchev–Trinajstić information content (AvgIpc) is 2.84. The van der Waals surface area contributed by atoms with E-state index in [1.165, 1.54) is 16.1 Å².